The Hall–Kier alpha value is -3.89. The molecule has 0 saturated carbocycles. The molecule has 0 fully saturated rings. The average molecular weight is 632 g/mol. The molecule has 0 aliphatic rings. The number of hydrogen-bond donors (Lipinski definition) is 3. The minimum absolute atomic E-state index is 0.00541. The molecule has 1 atom stereocenters. The smallest absolute Gasteiger partial charge is 0.408 e. The van der Waals surface area contributed by atoms with Gasteiger partial charge in [-0.15, -0.1) is 0 Å². The van der Waals surface area contributed by atoms with E-state index in [0.717, 1.165) is 11.1 Å². The van der Waals surface area contributed by atoms with Crippen molar-refractivity contribution >= 4 is 48.5 Å². The van der Waals surface area contributed by atoms with Crippen LogP contribution in [0.1, 0.15) is 31.4 Å². The van der Waals surface area contributed by atoms with Crippen molar-refractivity contribution < 1.29 is 37.5 Å². The summed E-state index contributed by atoms with van der Waals surface area (Å²) in [7, 11) is -3.47. The van der Waals surface area contributed by atoms with Gasteiger partial charge >= 0.3 is 19.7 Å². The number of halogens is 1. The summed E-state index contributed by atoms with van der Waals surface area (Å²) in [5.41, 5.74) is 2.07. The maximum atomic E-state index is 13.4. The zero-order valence-electron chi connectivity index (χ0n) is 23.9. The molecule has 0 unspecified atom stereocenters. The minimum Gasteiger partial charge on any atom is -0.461 e. The zero-order chi connectivity index (χ0) is 31.1. The van der Waals surface area contributed by atoms with Crippen LogP contribution in [0.4, 0.5) is 16.2 Å². The van der Waals surface area contributed by atoms with Gasteiger partial charge in [0, 0.05) is 5.02 Å². The molecule has 43 heavy (non-hydrogen) atoms. The maximum absolute atomic E-state index is 13.4. The number of carbonyl (C=O) groups excluding carboxylic acids is 3. The molecule has 0 aromatic heterocycles. The fraction of sp³-hybridized carbons (Fsp3) is 0.300. The molecule has 0 aliphatic carbocycles. The number of rotatable bonds is 16. The lowest BCUT2D eigenvalue weighted by molar-refractivity contribution is -0.146. The number of carbonyl (C=O) groups is 3. The third-order valence-electron chi connectivity index (χ3n) is 5.79. The fourth-order valence-corrected chi connectivity index (χ4v) is 5.36. The summed E-state index contributed by atoms with van der Waals surface area (Å²) < 4.78 is 34.2. The van der Waals surface area contributed by atoms with E-state index in [1.54, 1.807) is 62.4 Å². The van der Waals surface area contributed by atoms with Crippen LogP contribution in [-0.2, 0) is 45.9 Å². The van der Waals surface area contributed by atoms with Gasteiger partial charge in [-0.2, -0.15) is 0 Å². The van der Waals surface area contributed by atoms with Crippen molar-refractivity contribution in [3.05, 3.63) is 95.0 Å². The van der Waals surface area contributed by atoms with Crippen molar-refractivity contribution in [3.8, 4) is 0 Å². The number of alkyl carbamates (subject to hydrolysis) is 1. The number of anilines is 2. The van der Waals surface area contributed by atoms with Crippen molar-refractivity contribution in [2.24, 2.45) is 0 Å². The molecule has 13 heteroatoms. The number of amides is 2. The summed E-state index contributed by atoms with van der Waals surface area (Å²) in [4.78, 5) is 38.8. The topological polar surface area (TPSA) is 141 Å². The second kappa shape index (κ2) is 17.3. The van der Waals surface area contributed by atoms with E-state index in [0.29, 0.717) is 10.7 Å². The highest BCUT2D eigenvalue weighted by Gasteiger charge is 2.27. The summed E-state index contributed by atoms with van der Waals surface area (Å²) in [5.74, 6) is -1.46. The number of benzene rings is 3. The highest BCUT2D eigenvalue weighted by Crippen LogP contribution is 2.48. The van der Waals surface area contributed by atoms with Crippen molar-refractivity contribution in [1.82, 2.24) is 5.32 Å². The monoisotopic (exact) mass is 631 g/mol. The molecule has 0 radical (unpaired) electrons. The van der Waals surface area contributed by atoms with E-state index in [-0.39, 0.29) is 38.4 Å². The molecule has 3 rings (SSSR count). The summed E-state index contributed by atoms with van der Waals surface area (Å²) in [6, 6.07) is 21.3. The first-order valence-corrected chi connectivity index (χ1v) is 15.7. The molecular formula is C30H35ClN3O8P. The molecule has 0 bridgehead atoms. The largest absolute Gasteiger partial charge is 0.461 e. The normalized spacial score (nSPS) is 11.7. The van der Waals surface area contributed by atoms with Crippen LogP contribution >= 0.6 is 19.2 Å². The van der Waals surface area contributed by atoms with E-state index >= 15 is 0 Å². The minimum atomic E-state index is -3.47. The van der Waals surface area contributed by atoms with Crippen LogP contribution in [0.25, 0.3) is 0 Å². The zero-order valence-corrected chi connectivity index (χ0v) is 25.6. The number of ether oxygens (including phenoxy) is 2. The average Bonchev–Trinajstić information content (AvgIpc) is 2.99. The van der Waals surface area contributed by atoms with Crippen LogP contribution in [0.3, 0.4) is 0 Å². The predicted molar refractivity (Wildman–Crippen MR) is 164 cm³/mol. The Balaban J connectivity index is 1.73. The van der Waals surface area contributed by atoms with Crippen LogP contribution in [0.5, 0.6) is 0 Å². The first-order valence-electron chi connectivity index (χ1n) is 13.6. The van der Waals surface area contributed by atoms with Crippen molar-refractivity contribution in [2.45, 2.75) is 39.5 Å². The van der Waals surface area contributed by atoms with Crippen LogP contribution in [-0.4, -0.2) is 43.5 Å². The molecule has 0 aliphatic heterocycles. The van der Waals surface area contributed by atoms with Crippen LogP contribution in [0.15, 0.2) is 78.9 Å². The number of esters is 1. The Kier molecular flexibility index (Phi) is 13.5. The fourth-order valence-electron chi connectivity index (χ4n) is 3.78. The van der Waals surface area contributed by atoms with Crippen LogP contribution in [0.2, 0.25) is 5.02 Å². The third kappa shape index (κ3) is 11.7. The molecule has 0 heterocycles. The van der Waals surface area contributed by atoms with Crippen LogP contribution < -0.4 is 16.0 Å². The van der Waals surface area contributed by atoms with Crippen LogP contribution in [0, 0.1) is 0 Å². The van der Waals surface area contributed by atoms with E-state index in [1.807, 2.05) is 24.3 Å². The molecule has 2 amide bonds. The van der Waals surface area contributed by atoms with Gasteiger partial charge in [-0.1, -0.05) is 72.3 Å². The highest BCUT2D eigenvalue weighted by molar-refractivity contribution is 7.53. The van der Waals surface area contributed by atoms with Gasteiger partial charge < -0.3 is 34.5 Å². The van der Waals surface area contributed by atoms with E-state index in [4.69, 9.17) is 30.1 Å². The van der Waals surface area contributed by atoms with Gasteiger partial charge in [0.2, 0.25) is 5.91 Å². The predicted octanol–water partition coefficient (Wildman–Crippen LogP) is 6.34. The third-order valence-corrected chi connectivity index (χ3v) is 7.87. The SMILES string of the molecule is CCOP(=O)(CNc1ccc(Cl)cc1NC(=O)[C@@H](CC(=O)OCc1ccccc1)NC(=O)OCc1ccccc1)OCC. The molecule has 3 aromatic rings. The first-order chi connectivity index (χ1) is 20.7. The lowest BCUT2D eigenvalue weighted by Crippen LogP contribution is -2.45. The first kappa shape index (κ1) is 33.6. The van der Waals surface area contributed by atoms with Gasteiger partial charge in [0.25, 0.3) is 0 Å². The van der Waals surface area contributed by atoms with Gasteiger partial charge in [0.05, 0.1) is 31.0 Å². The Morgan fingerprint density at radius 2 is 1.40 bits per heavy atom. The molecule has 11 nitrogen and oxygen atoms in total. The number of hydrogen-bond acceptors (Lipinski definition) is 9. The van der Waals surface area contributed by atoms with Crippen molar-refractivity contribution in [1.29, 1.82) is 0 Å². The van der Waals surface area contributed by atoms with E-state index in [2.05, 4.69) is 16.0 Å². The molecule has 3 aromatic carbocycles. The Morgan fingerprint density at radius 3 is 1.98 bits per heavy atom. The Morgan fingerprint density at radius 1 is 0.814 bits per heavy atom. The Bertz CT molecular complexity index is 1330. The number of nitrogens with one attached hydrogen (secondary N) is 3. The molecule has 230 valence electrons. The van der Waals surface area contributed by atoms with Gasteiger partial charge in [-0.05, 0) is 43.2 Å². The lowest BCUT2D eigenvalue weighted by Gasteiger charge is -2.21. The molecule has 0 spiro atoms. The van der Waals surface area contributed by atoms with Gasteiger partial charge in [-0.25, -0.2) is 4.79 Å². The molecule has 3 N–H and O–H groups in total. The summed E-state index contributed by atoms with van der Waals surface area (Å²) >= 11 is 6.19. The van der Waals surface area contributed by atoms with Gasteiger partial charge in [0.15, 0.2) is 0 Å². The van der Waals surface area contributed by atoms with Crippen molar-refractivity contribution in [2.75, 3.05) is 30.1 Å². The molecular weight excluding hydrogens is 597 g/mol. The van der Waals surface area contributed by atoms with E-state index in [9.17, 15) is 18.9 Å². The second-order valence-electron chi connectivity index (χ2n) is 9.07. The summed E-state index contributed by atoms with van der Waals surface area (Å²) in [5, 5.41) is 8.39. The van der Waals surface area contributed by atoms with E-state index in [1.165, 1.54) is 6.07 Å². The second-order valence-corrected chi connectivity index (χ2v) is 11.6. The Labute approximate surface area is 255 Å². The van der Waals surface area contributed by atoms with Gasteiger partial charge in [0.1, 0.15) is 25.5 Å². The van der Waals surface area contributed by atoms with Gasteiger partial charge in [-0.3, -0.25) is 14.2 Å². The van der Waals surface area contributed by atoms with E-state index < -0.39 is 38.0 Å². The standard InChI is InChI=1S/C30H35ClN3O8P/c1-3-41-43(38,42-4-2)21-32-25-16-15-24(31)17-26(25)33-29(36)27(18-28(35)39-19-22-11-7-5-8-12-22)34-30(37)40-20-23-13-9-6-10-14-23/h5-17,27,32H,3-4,18-21H2,1-2H3,(H,33,36)(H,34,37)/t27-/m1/s1. The lowest BCUT2D eigenvalue weighted by atomic mass is 10.1. The quantitative estimate of drug-likeness (QED) is 0.122. The summed E-state index contributed by atoms with van der Waals surface area (Å²) in [6.07, 6.45) is -1.57. The van der Waals surface area contributed by atoms with Crippen molar-refractivity contribution in [3.63, 3.8) is 0 Å². The summed E-state index contributed by atoms with van der Waals surface area (Å²) in [6.45, 7) is 3.70. The highest BCUT2D eigenvalue weighted by atomic mass is 35.5. The molecule has 0 saturated heterocycles. The maximum Gasteiger partial charge on any atom is 0.408 e.